The quantitative estimate of drug-likeness (QED) is 0.729. The van der Waals surface area contributed by atoms with Crippen molar-refractivity contribution in [2.24, 2.45) is 11.8 Å². The molecule has 0 spiro atoms. The van der Waals surface area contributed by atoms with Crippen LogP contribution in [-0.4, -0.2) is 25.3 Å². The first-order valence-electron chi connectivity index (χ1n) is 6.63. The summed E-state index contributed by atoms with van der Waals surface area (Å²) in [6.45, 7) is 6.57. The van der Waals surface area contributed by atoms with Crippen LogP contribution in [0.2, 0.25) is 0 Å². The zero-order valence-corrected chi connectivity index (χ0v) is 10.2. The third kappa shape index (κ3) is 3.46. The third-order valence-corrected chi connectivity index (χ3v) is 3.98. The molecule has 2 fully saturated rings. The SMILES string of the molecule is CCC(CC1CC1)NC(C)C1CCOC1. The molecular formula is C13H25NO. The fourth-order valence-electron chi connectivity index (χ4n) is 2.56. The van der Waals surface area contributed by atoms with Crippen molar-refractivity contribution >= 4 is 0 Å². The van der Waals surface area contributed by atoms with Crippen molar-refractivity contribution in [3.63, 3.8) is 0 Å². The van der Waals surface area contributed by atoms with Crippen LogP contribution in [0.15, 0.2) is 0 Å². The Balaban J connectivity index is 1.71. The van der Waals surface area contributed by atoms with Crippen LogP contribution in [0.5, 0.6) is 0 Å². The lowest BCUT2D eigenvalue weighted by molar-refractivity contribution is 0.175. The maximum Gasteiger partial charge on any atom is 0.0509 e. The van der Waals surface area contributed by atoms with E-state index in [1.54, 1.807) is 0 Å². The summed E-state index contributed by atoms with van der Waals surface area (Å²) in [5.74, 6) is 1.78. The molecule has 1 aliphatic heterocycles. The summed E-state index contributed by atoms with van der Waals surface area (Å²) < 4.78 is 5.45. The van der Waals surface area contributed by atoms with Gasteiger partial charge in [-0.25, -0.2) is 0 Å². The largest absolute Gasteiger partial charge is 0.381 e. The summed E-state index contributed by atoms with van der Waals surface area (Å²) >= 11 is 0. The molecule has 2 rings (SSSR count). The van der Waals surface area contributed by atoms with Crippen LogP contribution in [0.4, 0.5) is 0 Å². The minimum Gasteiger partial charge on any atom is -0.381 e. The average Bonchev–Trinajstić information content (AvgIpc) is 2.88. The van der Waals surface area contributed by atoms with Crippen LogP contribution in [0.3, 0.4) is 0 Å². The molecule has 0 radical (unpaired) electrons. The summed E-state index contributed by atoms with van der Waals surface area (Å²) in [5, 5.41) is 3.80. The van der Waals surface area contributed by atoms with E-state index in [4.69, 9.17) is 4.74 Å². The Labute approximate surface area is 93.8 Å². The highest BCUT2D eigenvalue weighted by Crippen LogP contribution is 2.34. The summed E-state index contributed by atoms with van der Waals surface area (Å²) in [5.41, 5.74) is 0. The van der Waals surface area contributed by atoms with E-state index in [0.29, 0.717) is 6.04 Å². The zero-order valence-electron chi connectivity index (χ0n) is 10.2. The summed E-state index contributed by atoms with van der Waals surface area (Å²) in [4.78, 5) is 0. The Morgan fingerprint density at radius 3 is 2.67 bits per heavy atom. The van der Waals surface area contributed by atoms with E-state index in [0.717, 1.165) is 31.1 Å². The van der Waals surface area contributed by atoms with E-state index >= 15 is 0 Å². The Morgan fingerprint density at radius 2 is 2.13 bits per heavy atom. The number of ether oxygens (including phenoxy) is 1. The molecule has 15 heavy (non-hydrogen) atoms. The highest BCUT2D eigenvalue weighted by atomic mass is 16.5. The van der Waals surface area contributed by atoms with E-state index in [1.165, 1.54) is 32.1 Å². The maximum atomic E-state index is 5.45. The van der Waals surface area contributed by atoms with Crippen molar-refractivity contribution in [1.82, 2.24) is 5.32 Å². The molecule has 1 N–H and O–H groups in total. The Bertz CT molecular complexity index is 185. The van der Waals surface area contributed by atoms with Crippen LogP contribution in [-0.2, 0) is 4.74 Å². The predicted molar refractivity (Wildman–Crippen MR) is 62.9 cm³/mol. The van der Waals surface area contributed by atoms with Crippen molar-refractivity contribution in [2.75, 3.05) is 13.2 Å². The molecule has 2 nitrogen and oxygen atoms in total. The highest BCUT2D eigenvalue weighted by molar-refractivity contribution is 4.83. The van der Waals surface area contributed by atoms with Crippen molar-refractivity contribution in [1.29, 1.82) is 0 Å². The van der Waals surface area contributed by atoms with Crippen LogP contribution in [0, 0.1) is 11.8 Å². The van der Waals surface area contributed by atoms with Crippen LogP contribution >= 0.6 is 0 Å². The van der Waals surface area contributed by atoms with Crippen molar-refractivity contribution < 1.29 is 4.74 Å². The lowest BCUT2D eigenvalue weighted by Gasteiger charge is -2.25. The Hall–Kier alpha value is -0.0800. The van der Waals surface area contributed by atoms with Crippen molar-refractivity contribution in [3.05, 3.63) is 0 Å². The second kappa shape index (κ2) is 5.31. The third-order valence-electron chi connectivity index (χ3n) is 3.98. The van der Waals surface area contributed by atoms with Gasteiger partial charge in [0.1, 0.15) is 0 Å². The lowest BCUT2D eigenvalue weighted by Crippen LogP contribution is -2.41. The Kier molecular flexibility index (Phi) is 4.04. The molecule has 3 atom stereocenters. The molecule has 1 saturated carbocycles. The molecule has 88 valence electrons. The van der Waals surface area contributed by atoms with Gasteiger partial charge in [-0.1, -0.05) is 19.8 Å². The minimum absolute atomic E-state index is 0.635. The van der Waals surface area contributed by atoms with E-state index in [-0.39, 0.29) is 0 Å². The van der Waals surface area contributed by atoms with Gasteiger partial charge in [-0.15, -0.1) is 0 Å². The van der Waals surface area contributed by atoms with E-state index in [9.17, 15) is 0 Å². The molecule has 3 unspecified atom stereocenters. The summed E-state index contributed by atoms with van der Waals surface area (Å²) in [6, 6.07) is 1.38. The van der Waals surface area contributed by atoms with Gasteiger partial charge in [0, 0.05) is 18.7 Å². The van der Waals surface area contributed by atoms with Crippen LogP contribution in [0.1, 0.15) is 46.0 Å². The first-order chi connectivity index (χ1) is 7.29. The number of hydrogen-bond donors (Lipinski definition) is 1. The molecule has 0 bridgehead atoms. The molecule has 0 aromatic rings. The lowest BCUT2D eigenvalue weighted by atomic mass is 9.98. The van der Waals surface area contributed by atoms with Gasteiger partial charge in [0.05, 0.1) is 6.61 Å². The fourth-order valence-corrected chi connectivity index (χ4v) is 2.56. The molecule has 1 saturated heterocycles. The molecule has 1 heterocycles. The zero-order chi connectivity index (χ0) is 10.7. The summed E-state index contributed by atoms with van der Waals surface area (Å²) in [6.07, 6.45) is 6.86. The first-order valence-corrected chi connectivity index (χ1v) is 6.63. The molecule has 1 aliphatic carbocycles. The molecule has 2 aliphatic rings. The monoisotopic (exact) mass is 211 g/mol. The Morgan fingerprint density at radius 1 is 1.33 bits per heavy atom. The number of nitrogens with one attached hydrogen (secondary N) is 1. The second-order valence-corrected chi connectivity index (χ2v) is 5.36. The predicted octanol–water partition coefficient (Wildman–Crippen LogP) is 2.58. The van der Waals surface area contributed by atoms with Gasteiger partial charge in [0.25, 0.3) is 0 Å². The smallest absolute Gasteiger partial charge is 0.0509 e. The van der Waals surface area contributed by atoms with E-state index in [1.807, 2.05) is 0 Å². The minimum atomic E-state index is 0.635. The average molecular weight is 211 g/mol. The van der Waals surface area contributed by atoms with Crippen molar-refractivity contribution in [3.8, 4) is 0 Å². The fraction of sp³-hybridized carbons (Fsp3) is 1.00. The van der Waals surface area contributed by atoms with Gasteiger partial charge in [0.2, 0.25) is 0 Å². The molecule has 0 amide bonds. The standard InChI is InChI=1S/C13H25NO/c1-3-13(8-11-4-5-11)14-10(2)12-6-7-15-9-12/h10-14H,3-9H2,1-2H3. The second-order valence-electron chi connectivity index (χ2n) is 5.36. The maximum absolute atomic E-state index is 5.45. The molecule has 0 aromatic carbocycles. The van der Waals surface area contributed by atoms with Gasteiger partial charge >= 0.3 is 0 Å². The molecular weight excluding hydrogens is 186 g/mol. The highest BCUT2D eigenvalue weighted by Gasteiger charge is 2.28. The van der Waals surface area contributed by atoms with E-state index in [2.05, 4.69) is 19.2 Å². The molecule has 0 aromatic heterocycles. The normalized spacial score (nSPS) is 30.4. The van der Waals surface area contributed by atoms with Crippen molar-refractivity contribution in [2.45, 2.75) is 58.0 Å². The first kappa shape index (κ1) is 11.4. The van der Waals surface area contributed by atoms with Crippen LogP contribution < -0.4 is 5.32 Å². The van der Waals surface area contributed by atoms with Gasteiger partial charge in [-0.2, -0.15) is 0 Å². The topological polar surface area (TPSA) is 21.3 Å². The number of rotatable bonds is 6. The van der Waals surface area contributed by atoms with Gasteiger partial charge < -0.3 is 10.1 Å². The van der Waals surface area contributed by atoms with Gasteiger partial charge in [0.15, 0.2) is 0 Å². The van der Waals surface area contributed by atoms with Gasteiger partial charge in [-0.05, 0) is 38.0 Å². The summed E-state index contributed by atoms with van der Waals surface area (Å²) in [7, 11) is 0. The van der Waals surface area contributed by atoms with Crippen LogP contribution in [0.25, 0.3) is 0 Å². The number of hydrogen-bond acceptors (Lipinski definition) is 2. The van der Waals surface area contributed by atoms with E-state index < -0.39 is 0 Å². The molecule has 2 heteroatoms. The van der Waals surface area contributed by atoms with Gasteiger partial charge in [-0.3, -0.25) is 0 Å².